The van der Waals surface area contributed by atoms with Gasteiger partial charge in [-0.2, -0.15) is 8.42 Å². The fourth-order valence-electron chi connectivity index (χ4n) is 4.08. The summed E-state index contributed by atoms with van der Waals surface area (Å²) < 4.78 is 39.5. The van der Waals surface area contributed by atoms with Crippen molar-refractivity contribution in [2.45, 2.75) is 6.61 Å². The zero-order chi connectivity index (χ0) is 26.5. The number of anilines is 1. The molecule has 196 valence electrons. The summed E-state index contributed by atoms with van der Waals surface area (Å²) in [5.74, 6) is 1.42. The van der Waals surface area contributed by atoms with E-state index in [1.807, 2.05) is 67.1 Å². The van der Waals surface area contributed by atoms with Gasteiger partial charge in [0, 0.05) is 48.7 Å². The van der Waals surface area contributed by atoms with Gasteiger partial charge >= 0.3 is 0 Å². The van der Waals surface area contributed by atoms with Gasteiger partial charge in [0.15, 0.2) is 11.5 Å². The molecule has 6 rings (SSSR count). The molecule has 11 nitrogen and oxygen atoms in total. The lowest BCUT2D eigenvalue weighted by atomic mass is 10.2. The lowest BCUT2D eigenvalue weighted by Crippen LogP contribution is -2.37. The summed E-state index contributed by atoms with van der Waals surface area (Å²) >= 11 is 0. The highest BCUT2D eigenvalue weighted by molar-refractivity contribution is 7.85. The topological polar surface area (TPSA) is 132 Å². The number of hydrogen-bond acceptors (Lipinski definition) is 9. The Morgan fingerprint density at radius 1 is 1.03 bits per heavy atom. The molecule has 1 saturated heterocycles. The van der Waals surface area contributed by atoms with Gasteiger partial charge in [0.25, 0.3) is 10.1 Å². The number of hydrogen-bond donors (Lipinski definition) is 1. The summed E-state index contributed by atoms with van der Waals surface area (Å²) in [6.45, 7) is 3.25. The van der Waals surface area contributed by atoms with Crippen molar-refractivity contribution in [3.63, 3.8) is 0 Å². The maximum absolute atomic E-state index is 9.19. The first kappa shape index (κ1) is 25.5. The molecule has 0 atom stereocenters. The van der Waals surface area contributed by atoms with Crippen LogP contribution < -0.4 is 9.64 Å². The monoisotopic (exact) mass is 534 g/mol. The molecular weight excluding hydrogens is 508 g/mol. The molecule has 0 bridgehead atoms. The second-order valence-electron chi connectivity index (χ2n) is 8.60. The summed E-state index contributed by atoms with van der Waals surface area (Å²) in [7, 11) is -3.67. The molecule has 0 radical (unpaired) electrons. The van der Waals surface area contributed by atoms with Gasteiger partial charge in [0.2, 0.25) is 5.88 Å². The van der Waals surface area contributed by atoms with Gasteiger partial charge < -0.3 is 14.4 Å². The minimum absolute atomic E-state index is 0.308. The molecule has 1 aromatic carbocycles. The fraction of sp³-hybridized carbons (Fsp3) is 0.231. The minimum atomic E-state index is -3.67. The Morgan fingerprint density at radius 2 is 1.82 bits per heavy atom. The maximum atomic E-state index is 9.19. The zero-order valence-electron chi connectivity index (χ0n) is 20.6. The van der Waals surface area contributed by atoms with Crippen LogP contribution in [0.1, 0.15) is 5.69 Å². The number of aromatic nitrogens is 5. The number of fused-ring (bicyclic) bond motifs is 2. The van der Waals surface area contributed by atoms with E-state index in [0.29, 0.717) is 32.0 Å². The molecular formula is C26H26N6O5S. The molecule has 1 fully saturated rings. The van der Waals surface area contributed by atoms with E-state index >= 15 is 0 Å². The lowest BCUT2D eigenvalue weighted by molar-refractivity contribution is 0.122. The molecule has 4 aromatic heterocycles. The van der Waals surface area contributed by atoms with Crippen molar-refractivity contribution in [2.24, 2.45) is 0 Å². The first-order chi connectivity index (χ1) is 18.3. The van der Waals surface area contributed by atoms with Gasteiger partial charge in [0.1, 0.15) is 6.61 Å². The van der Waals surface area contributed by atoms with Crippen molar-refractivity contribution < 1.29 is 22.4 Å². The number of para-hydroxylation sites is 1. The summed E-state index contributed by atoms with van der Waals surface area (Å²) in [6.07, 6.45) is 8.20. The highest BCUT2D eigenvalue weighted by atomic mass is 32.2. The van der Waals surface area contributed by atoms with Gasteiger partial charge in [0.05, 0.1) is 42.6 Å². The van der Waals surface area contributed by atoms with Crippen molar-refractivity contribution in [1.82, 2.24) is 24.3 Å². The Hall–Kier alpha value is -4.13. The maximum Gasteiger partial charge on any atom is 0.261 e. The van der Waals surface area contributed by atoms with Crippen LogP contribution in [0.3, 0.4) is 0 Å². The predicted molar refractivity (Wildman–Crippen MR) is 143 cm³/mol. The van der Waals surface area contributed by atoms with E-state index in [4.69, 9.17) is 24.0 Å². The van der Waals surface area contributed by atoms with Crippen LogP contribution >= 0.6 is 0 Å². The first-order valence-electron chi connectivity index (χ1n) is 11.9. The number of rotatable bonds is 5. The average Bonchev–Trinajstić information content (AvgIpc) is 3.36. The van der Waals surface area contributed by atoms with E-state index in [1.54, 1.807) is 6.20 Å². The minimum Gasteiger partial charge on any atom is -0.471 e. The van der Waals surface area contributed by atoms with Crippen molar-refractivity contribution in [2.75, 3.05) is 37.5 Å². The van der Waals surface area contributed by atoms with Crippen LogP contribution in [0.25, 0.3) is 27.8 Å². The van der Waals surface area contributed by atoms with Crippen molar-refractivity contribution in [1.29, 1.82) is 0 Å². The number of ether oxygens (including phenoxy) is 2. The molecule has 1 aliphatic rings. The van der Waals surface area contributed by atoms with Crippen LogP contribution in [0.4, 0.5) is 5.82 Å². The van der Waals surface area contributed by atoms with Crippen LogP contribution in [0.5, 0.6) is 5.88 Å². The molecule has 0 spiro atoms. The lowest BCUT2D eigenvalue weighted by Gasteiger charge is -2.28. The summed E-state index contributed by atoms with van der Waals surface area (Å²) in [5.41, 5.74) is 4.41. The highest BCUT2D eigenvalue weighted by Gasteiger charge is 2.20. The molecule has 5 aromatic rings. The highest BCUT2D eigenvalue weighted by Crippen LogP contribution is 2.27. The van der Waals surface area contributed by atoms with E-state index in [-0.39, 0.29) is 0 Å². The van der Waals surface area contributed by atoms with Crippen molar-refractivity contribution >= 4 is 32.5 Å². The van der Waals surface area contributed by atoms with Crippen LogP contribution in [-0.4, -0.2) is 69.9 Å². The molecule has 38 heavy (non-hydrogen) atoms. The third-order valence-corrected chi connectivity index (χ3v) is 5.73. The normalized spacial score (nSPS) is 13.8. The van der Waals surface area contributed by atoms with Gasteiger partial charge in [-0.25, -0.2) is 15.0 Å². The first-order valence-corrected chi connectivity index (χ1v) is 13.7. The number of nitrogens with zero attached hydrogens (tertiary/aromatic N) is 6. The zero-order valence-corrected chi connectivity index (χ0v) is 21.5. The van der Waals surface area contributed by atoms with Crippen molar-refractivity contribution in [3.8, 4) is 17.1 Å². The van der Waals surface area contributed by atoms with E-state index < -0.39 is 10.1 Å². The molecule has 1 N–H and O–H groups in total. The Labute approximate surface area is 219 Å². The second kappa shape index (κ2) is 11.1. The van der Waals surface area contributed by atoms with Crippen LogP contribution in [0.15, 0.2) is 73.3 Å². The van der Waals surface area contributed by atoms with Gasteiger partial charge in [-0.1, -0.05) is 18.2 Å². The van der Waals surface area contributed by atoms with E-state index in [0.717, 1.165) is 52.4 Å². The molecule has 12 heteroatoms. The van der Waals surface area contributed by atoms with Gasteiger partial charge in [-0.3, -0.25) is 13.9 Å². The van der Waals surface area contributed by atoms with Crippen LogP contribution in [-0.2, 0) is 21.5 Å². The van der Waals surface area contributed by atoms with Crippen LogP contribution in [0, 0.1) is 0 Å². The molecule has 5 heterocycles. The van der Waals surface area contributed by atoms with Crippen LogP contribution in [0.2, 0.25) is 0 Å². The summed E-state index contributed by atoms with van der Waals surface area (Å²) in [5, 5.41) is 1.08. The van der Waals surface area contributed by atoms with E-state index in [9.17, 15) is 8.42 Å². The smallest absolute Gasteiger partial charge is 0.261 e. The number of pyridine rings is 2. The van der Waals surface area contributed by atoms with Gasteiger partial charge in [-0.15, -0.1) is 0 Å². The largest absolute Gasteiger partial charge is 0.471 e. The Morgan fingerprint density at radius 3 is 2.58 bits per heavy atom. The molecule has 0 aliphatic carbocycles. The van der Waals surface area contributed by atoms with E-state index in [1.165, 1.54) is 0 Å². The summed E-state index contributed by atoms with van der Waals surface area (Å²) in [4.78, 5) is 20.8. The predicted octanol–water partition coefficient (Wildman–Crippen LogP) is 3.26. The Bertz CT molecular complexity index is 1650. The Balaban J connectivity index is 0.000000540. The SMILES string of the molecule is CS(=O)(=O)O.c1cncc(-c2cnc(N3CCOCC3)c3nc(COc4ccc5ccccc5n4)cn23)c1. The van der Waals surface area contributed by atoms with Gasteiger partial charge in [-0.05, 0) is 24.3 Å². The quantitative estimate of drug-likeness (QED) is 0.335. The second-order valence-corrected chi connectivity index (χ2v) is 10.1. The standard InChI is InChI=1S/C25H22N6O2.CH4O3S/c1-2-6-21-18(4-1)7-8-23(29-21)33-17-20-16-31-22(19-5-3-9-26-14-19)15-27-24(25(31)28-20)30-10-12-32-13-11-30;1-5(2,3)4/h1-9,14-16H,10-13,17H2;1H3,(H,2,3,4). The number of imidazole rings is 1. The third kappa shape index (κ3) is 6.22. The number of morpholine rings is 1. The van der Waals surface area contributed by atoms with Crippen molar-refractivity contribution in [3.05, 3.63) is 79.0 Å². The fourth-order valence-corrected chi connectivity index (χ4v) is 4.08. The molecule has 0 saturated carbocycles. The third-order valence-electron chi connectivity index (χ3n) is 5.73. The molecule has 0 unspecified atom stereocenters. The van der Waals surface area contributed by atoms with E-state index in [2.05, 4.69) is 19.3 Å². The molecule has 1 aliphatic heterocycles. The summed E-state index contributed by atoms with van der Waals surface area (Å²) in [6, 6.07) is 15.8. The average molecular weight is 535 g/mol. The molecule has 0 amide bonds. The number of benzene rings is 1. The Kier molecular flexibility index (Phi) is 7.45.